The zero-order valence-corrected chi connectivity index (χ0v) is 16.6. The maximum absolute atomic E-state index is 13.2. The van der Waals surface area contributed by atoms with Crippen molar-refractivity contribution in [3.8, 4) is 11.5 Å². The van der Waals surface area contributed by atoms with Gasteiger partial charge in [0.1, 0.15) is 22.5 Å². The summed E-state index contributed by atoms with van der Waals surface area (Å²) in [6, 6.07) is 8.31. The van der Waals surface area contributed by atoms with Crippen LogP contribution in [-0.2, 0) is 21.4 Å². The average Bonchev–Trinajstić information content (AvgIpc) is 3.30. The van der Waals surface area contributed by atoms with Gasteiger partial charge in [0.15, 0.2) is 0 Å². The summed E-state index contributed by atoms with van der Waals surface area (Å²) in [6.45, 7) is 0.217. The summed E-state index contributed by atoms with van der Waals surface area (Å²) in [5.74, 6) is 1.75. The highest BCUT2D eigenvalue weighted by molar-refractivity contribution is 7.89. The van der Waals surface area contributed by atoms with Crippen LogP contribution in [0.15, 0.2) is 41.0 Å². The summed E-state index contributed by atoms with van der Waals surface area (Å²) in [7, 11) is 2.71. The van der Waals surface area contributed by atoms with Gasteiger partial charge in [0.25, 0.3) is 0 Å². The highest BCUT2D eigenvalue weighted by Crippen LogP contribution is 2.38. The number of nitrogens with zero attached hydrogens (tertiary/aromatic N) is 2. The van der Waals surface area contributed by atoms with E-state index < -0.39 is 21.3 Å². The van der Waals surface area contributed by atoms with Gasteiger partial charge in [-0.2, -0.15) is 9.37 Å². The fourth-order valence-corrected chi connectivity index (χ4v) is 4.87. The lowest BCUT2D eigenvalue weighted by atomic mass is 10.0. The van der Waals surface area contributed by atoms with Crippen molar-refractivity contribution in [1.82, 2.24) is 9.37 Å². The summed E-state index contributed by atoms with van der Waals surface area (Å²) >= 11 is 0. The molecule has 1 aliphatic rings. The number of hydrogen-bond acceptors (Lipinski definition) is 7. The Hall–Kier alpha value is -2.07. The minimum Gasteiger partial charge on any atom is -0.497 e. The van der Waals surface area contributed by atoms with Gasteiger partial charge < -0.3 is 13.9 Å². The van der Waals surface area contributed by atoms with E-state index in [9.17, 15) is 8.42 Å². The molecule has 2 unspecified atom stereocenters. The van der Waals surface area contributed by atoms with E-state index in [4.69, 9.17) is 18.7 Å². The molecule has 0 amide bonds. The van der Waals surface area contributed by atoms with Gasteiger partial charge >= 0.3 is 0 Å². The largest absolute Gasteiger partial charge is 0.497 e. The molecule has 0 radical (unpaired) electrons. The molecular weight excluding hydrogens is 372 g/mol. The van der Waals surface area contributed by atoms with Crippen LogP contribution in [0.4, 0.5) is 0 Å². The molecule has 0 aliphatic carbocycles. The fraction of sp³-hybridized carbons (Fsp3) is 0.444. The Kier molecular flexibility index (Phi) is 5.75. The topological polar surface area (TPSA) is 81.5 Å². The quantitative estimate of drug-likeness (QED) is 0.708. The number of hydroxylamine groups is 2. The molecule has 1 fully saturated rings. The summed E-state index contributed by atoms with van der Waals surface area (Å²) in [6.07, 6.45) is 1.52. The predicted octanol–water partition coefficient (Wildman–Crippen LogP) is 2.05. The monoisotopic (exact) mass is 396 g/mol. The zero-order valence-electron chi connectivity index (χ0n) is 15.8. The molecule has 0 N–H and O–H groups in total. The Morgan fingerprint density at radius 1 is 1.22 bits per heavy atom. The van der Waals surface area contributed by atoms with Crippen molar-refractivity contribution in [3.63, 3.8) is 0 Å². The third-order valence-corrected chi connectivity index (χ3v) is 6.83. The van der Waals surface area contributed by atoms with Gasteiger partial charge in [-0.1, -0.05) is 0 Å². The minimum absolute atomic E-state index is 0.0610. The summed E-state index contributed by atoms with van der Waals surface area (Å²) < 4.78 is 43.6. The van der Waals surface area contributed by atoms with Gasteiger partial charge in [0.05, 0.1) is 39.7 Å². The first kappa shape index (κ1) is 19.7. The maximum Gasteiger partial charge on any atom is 0.221 e. The van der Waals surface area contributed by atoms with E-state index in [2.05, 4.69) is 0 Å². The van der Waals surface area contributed by atoms with Crippen LogP contribution in [0.25, 0.3) is 0 Å². The Balaban J connectivity index is 1.93. The predicted molar refractivity (Wildman–Crippen MR) is 98.9 cm³/mol. The second kappa shape index (κ2) is 7.89. The SMILES string of the molecule is COc1cc(OC)cc(C2C(S(=O)(=O)N(C)Cc3ccco3)CON2C)c1. The normalized spacial score (nSPS) is 20.9. The van der Waals surface area contributed by atoms with Crippen LogP contribution in [-0.4, -0.2) is 58.0 Å². The van der Waals surface area contributed by atoms with Crippen molar-refractivity contribution >= 4 is 10.0 Å². The number of sulfonamides is 1. The maximum atomic E-state index is 13.2. The summed E-state index contributed by atoms with van der Waals surface area (Å²) in [4.78, 5) is 5.57. The Bertz CT molecular complexity index is 846. The second-order valence-corrected chi connectivity index (χ2v) is 8.61. The standard InChI is InChI=1S/C18H24N2O6S/c1-19(11-14-6-5-7-25-14)27(21,22)17-12-26-20(2)18(17)13-8-15(23-3)10-16(9-13)24-4/h5-10,17-18H,11-12H2,1-4H3. The molecule has 1 saturated heterocycles. The van der Waals surface area contributed by atoms with Crippen LogP contribution < -0.4 is 9.47 Å². The number of rotatable bonds is 7. The molecule has 2 heterocycles. The lowest BCUT2D eigenvalue weighted by molar-refractivity contribution is -0.110. The van der Waals surface area contributed by atoms with Crippen molar-refractivity contribution < 1.29 is 27.1 Å². The molecule has 1 aromatic heterocycles. The zero-order chi connectivity index (χ0) is 19.6. The van der Waals surface area contributed by atoms with Crippen LogP contribution in [0.1, 0.15) is 17.4 Å². The summed E-state index contributed by atoms with van der Waals surface area (Å²) in [5.41, 5.74) is 0.742. The van der Waals surface area contributed by atoms with Crippen LogP contribution >= 0.6 is 0 Å². The molecular formula is C18H24N2O6S. The van der Waals surface area contributed by atoms with E-state index in [1.165, 1.54) is 10.6 Å². The van der Waals surface area contributed by atoms with Gasteiger partial charge in [0, 0.05) is 20.2 Å². The molecule has 8 nitrogen and oxygen atoms in total. The van der Waals surface area contributed by atoms with E-state index in [-0.39, 0.29) is 13.2 Å². The first-order valence-electron chi connectivity index (χ1n) is 8.43. The van der Waals surface area contributed by atoms with E-state index in [1.807, 2.05) is 0 Å². The van der Waals surface area contributed by atoms with Crippen LogP contribution in [0.2, 0.25) is 0 Å². The molecule has 1 aliphatic heterocycles. The first-order chi connectivity index (χ1) is 12.9. The van der Waals surface area contributed by atoms with E-state index in [1.54, 1.807) is 63.7 Å². The molecule has 148 valence electrons. The van der Waals surface area contributed by atoms with Crippen LogP contribution in [0.5, 0.6) is 11.5 Å². The van der Waals surface area contributed by atoms with Crippen molar-refractivity contribution in [2.75, 3.05) is 34.9 Å². The smallest absolute Gasteiger partial charge is 0.221 e. The van der Waals surface area contributed by atoms with Crippen molar-refractivity contribution in [2.24, 2.45) is 0 Å². The molecule has 27 heavy (non-hydrogen) atoms. The number of benzene rings is 1. The summed E-state index contributed by atoms with van der Waals surface area (Å²) in [5, 5.41) is 0.788. The minimum atomic E-state index is -3.66. The Morgan fingerprint density at radius 2 is 1.89 bits per heavy atom. The highest BCUT2D eigenvalue weighted by atomic mass is 32.2. The fourth-order valence-electron chi connectivity index (χ4n) is 3.21. The van der Waals surface area contributed by atoms with Crippen molar-refractivity contribution in [1.29, 1.82) is 0 Å². The van der Waals surface area contributed by atoms with Gasteiger partial charge in [-0.3, -0.25) is 4.84 Å². The number of methoxy groups -OCH3 is 2. The van der Waals surface area contributed by atoms with Gasteiger partial charge in [0.2, 0.25) is 10.0 Å². The molecule has 2 aromatic rings. The molecule has 0 bridgehead atoms. The van der Waals surface area contributed by atoms with E-state index in [0.29, 0.717) is 17.3 Å². The van der Waals surface area contributed by atoms with Crippen molar-refractivity contribution in [2.45, 2.75) is 17.8 Å². The van der Waals surface area contributed by atoms with E-state index >= 15 is 0 Å². The third-order valence-electron chi connectivity index (χ3n) is 4.68. The molecule has 9 heteroatoms. The van der Waals surface area contributed by atoms with Gasteiger partial charge in [-0.05, 0) is 29.8 Å². The number of ether oxygens (including phenoxy) is 2. The molecule has 0 saturated carbocycles. The van der Waals surface area contributed by atoms with E-state index in [0.717, 1.165) is 5.56 Å². The number of furan rings is 1. The Labute approximate surface area is 159 Å². The second-order valence-electron chi connectivity index (χ2n) is 6.35. The lowest BCUT2D eigenvalue weighted by Gasteiger charge is -2.26. The third kappa shape index (κ3) is 3.96. The lowest BCUT2D eigenvalue weighted by Crippen LogP contribution is -2.40. The molecule has 0 spiro atoms. The van der Waals surface area contributed by atoms with Crippen LogP contribution in [0, 0.1) is 0 Å². The highest BCUT2D eigenvalue weighted by Gasteiger charge is 2.45. The Morgan fingerprint density at radius 3 is 2.44 bits per heavy atom. The number of hydrogen-bond donors (Lipinski definition) is 0. The van der Waals surface area contributed by atoms with Crippen molar-refractivity contribution in [3.05, 3.63) is 47.9 Å². The van der Waals surface area contributed by atoms with Gasteiger partial charge in [-0.25, -0.2) is 8.42 Å². The molecule has 3 rings (SSSR count). The molecule has 1 aromatic carbocycles. The molecule has 2 atom stereocenters. The van der Waals surface area contributed by atoms with Crippen LogP contribution in [0.3, 0.4) is 0 Å². The first-order valence-corrected chi connectivity index (χ1v) is 9.93. The average molecular weight is 396 g/mol. The van der Waals surface area contributed by atoms with Gasteiger partial charge in [-0.15, -0.1) is 0 Å².